The number of aliphatic hydroxyl groups is 1. The van der Waals surface area contributed by atoms with Crippen molar-refractivity contribution >= 4 is 0 Å². The van der Waals surface area contributed by atoms with Crippen molar-refractivity contribution in [1.82, 2.24) is 10.2 Å². The van der Waals surface area contributed by atoms with E-state index in [1.807, 2.05) is 0 Å². The molecule has 4 N–H and O–H groups in total. The minimum absolute atomic E-state index is 0.258. The fraction of sp³-hybridized carbons (Fsp3) is 1.00. The molecule has 1 unspecified atom stereocenters. The molecule has 1 atom stereocenters. The molecule has 13 heavy (non-hydrogen) atoms. The number of aliphatic hydroxyl groups excluding tert-OH is 1. The van der Waals surface area contributed by atoms with Gasteiger partial charge in [-0.1, -0.05) is 0 Å². The second-order valence-electron chi connectivity index (χ2n) is 3.66. The van der Waals surface area contributed by atoms with Crippen LogP contribution in [0.2, 0.25) is 0 Å². The number of hydrogen-bond donors (Lipinski definition) is 3. The highest BCUT2D eigenvalue weighted by Gasteiger charge is 2.14. The topological polar surface area (TPSA) is 61.5 Å². The SMILES string of the molecule is NCC(CCO)CN1CCNCC1. The number of piperazine rings is 1. The third-order valence-electron chi connectivity index (χ3n) is 2.60. The standard InChI is InChI=1S/C9H21N3O/c10-7-9(1-6-13)8-12-4-2-11-3-5-12/h9,11,13H,1-8,10H2. The van der Waals surface area contributed by atoms with Crippen LogP contribution in [-0.2, 0) is 0 Å². The molecule has 0 aromatic rings. The average molecular weight is 187 g/mol. The van der Waals surface area contributed by atoms with E-state index in [0.29, 0.717) is 12.5 Å². The van der Waals surface area contributed by atoms with Crippen LogP contribution in [0.3, 0.4) is 0 Å². The van der Waals surface area contributed by atoms with E-state index >= 15 is 0 Å². The lowest BCUT2D eigenvalue weighted by molar-refractivity contribution is 0.182. The van der Waals surface area contributed by atoms with Crippen molar-refractivity contribution in [3.63, 3.8) is 0 Å². The van der Waals surface area contributed by atoms with Gasteiger partial charge in [0.15, 0.2) is 0 Å². The second-order valence-corrected chi connectivity index (χ2v) is 3.66. The molecule has 0 amide bonds. The summed E-state index contributed by atoms with van der Waals surface area (Å²) >= 11 is 0. The summed E-state index contributed by atoms with van der Waals surface area (Å²) in [5, 5.41) is 12.1. The van der Waals surface area contributed by atoms with Crippen LogP contribution in [0.1, 0.15) is 6.42 Å². The lowest BCUT2D eigenvalue weighted by Gasteiger charge is -2.30. The van der Waals surface area contributed by atoms with E-state index in [9.17, 15) is 0 Å². The fourth-order valence-electron chi connectivity index (χ4n) is 1.73. The van der Waals surface area contributed by atoms with E-state index in [0.717, 1.165) is 39.1 Å². The quantitative estimate of drug-likeness (QED) is 0.508. The molecule has 1 aliphatic heterocycles. The molecule has 1 saturated heterocycles. The van der Waals surface area contributed by atoms with Crippen LogP contribution in [0.5, 0.6) is 0 Å². The number of nitrogens with zero attached hydrogens (tertiary/aromatic N) is 1. The Morgan fingerprint density at radius 3 is 2.62 bits per heavy atom. The number of nitrogens with one attached hydrogen (secondary N) is 1. The lowest BCUT2D eigenvalue weighted by Crippen LogP contribution is -2.46. The van der Waals surface area contributed by atoms with Gasteiger partial charge >= 0.3 is 0 Å². The smallest absolute Gasteiger partial charge is 0.0434 e. The summed E-state index contributed by atoms with van der Waals surface area (Å²) in [6.07, 6.45) is 0.834. The van der Waals surface area contributed by atoms with Crippen molar-refractivity contribution in [2.75, 3.05) is 45.9 Å². The summed E-state index contributed by atoms with van der Waals surface area (Å²) in [4.78, 5) is 2.42. The molecule has 0 spiro atoms. The maximum Gasteiger partial charge on any atom is 0.0434 e. The Hall–Kier alpha value is -0.160. The second kappa shape index (κ2) is 6.32. The molecule has 0 bridgehead atoms. The zero-order chi connectivity index (χ0) is 9.52. The van der Waals surface area contributed by atoms with Crippen molar-refractivity contribution in [2.45, 2.75) is 6.42 Å². The molecule has 0 radical (unpaired) electrons. The van der Waals surface area contributed by atoms with Crippen LogP contribution in [-0.4, -0.2) is 55.9 Å². The summed E-state index contributed by atoms with van der Waals surface area (Å²) in [5.74, 6) is 0.461. The molecule has 1 fully saturated rings. The van der Waals surface area contributed by atoms with Crippen molar-refractivity contribution in [3.05, 3.63) is 0 Å². The van der Waals surface area contributed by atoms with Crippen molar-refractivity contribution in [1.29, 1.82) is 0 Å². The highest BCUT2D eigenvalue weighted by molar-refractivity contribution is 4.71. The number of nitrogens with two attached hydrogens (primary N) is 1. The van der Waals surface area contributed by atoms with Gasteiger partial charge in [-0.3, -0.25) is 0 Å². The van der Waals surface area contributed by atoms with Crippen molar-refractivity contribution in [2.24, 2.45) is 11.7 Å². The summed E-state index contributed by atoms with van der Waals surface area (Å²) < 4.78 is 0. The van der Waals surface area contributed by atoms with E-state index in [-0.39, 0.29) is 6.61 Å². The molecule has 4 heteroatoms. The summed E-state index contributed by atoms with van der Waals surface area (Å²) in [7, 11) is 0. The van der Waals surface area contributed by atoms with E-state index in [4.69, 9.17) is 10.8 Å². The van der Waals surface area contributed by atoms with Crippen LogP contribution in [0.15, 0.2) is 0 Å². The summed E-state index contributed by atoms with van der Waals surface area (Å²) in [6, 6.07) is 0. The monoisotopic (exact) mass is 187 g/mol. The summed E-state index contributed by atoms with van der Waals surface area (Å²) in [6.45, 7) is 6.37. The van der Waals surface area contributed by atoms with Gasteiger partial charge in [-0.2, -0.15) is 0 Å². The predicted octanol–water partition coefficient (Wildman–Crippen LogP) is -1.15. The molecule has 0 aliphatic carbocycles. The molecular formula is C9H21N3O. The maximum atomic E-state index is 8.81. The van der Waals surface area contributed by atoms with Crippen LogP contribution in [0.4, 0.5) is 0 Å². The number of rotatable bonds is 5. The molecule has 1 heterocycles. The van der Waals surface area contributed by atoms with Gasteiger partial charge < -0.3 is 21.1 Å². The van der Waals surface area contributed by atoms with E-state index in [2.05, 4.69) is 10.2 Å². The Bertz CT molecular complexity index is 123. The molecule has 0 aromatic heterocycles. The highest BCUT2D eigenvalue weighted by Crippen LogP contribution is 2.04. The van der Waals surface area contributed by atoms with Crippen LogP contribution in [0.25, 0.3) is 0 Å². The Kier molecular flexibility index (Phi) is 5.31. The first kappa shape index (κ1) is 10.9. The van der Waals surface area contributed by atoms with Crippen LogP contribution >= 0.6 is 0 Å². The van der Waals surface area contributed by atoms with Crippen LogP contribution < -0.4 is 11.1 Å². The Morgan fingerprint density at radius 1 is 1.38 bits per heavy atom. The van der Waals surface area contributed by atoms with Gasteiger partial charge in [-0.25, -0.2) is 0 Å². The highest BCUT2D eigenvalue weighted by atomic mass is 16.3. The van der Waals surface area contributed by atoms with Crippen LogP contribution in [0, 0.1) is 5.92 Å². The van der Waals surface area contributed by atoms with Gasteiger partial charge in [-0.15, -0.1) is 0 Å². The van der Waals surface area contributed by atoms with Gasteiger partial charge in [0.1, 0.15) is 0 Å². The minimum Gasteiger partial charge on any atom is -0.396 e. The van der Waals surface area contributed by atoms with Crippen molar-refractivity contribution < 1.29 is 5.11 Å². The Morgan fingerprint density at radius 2 is 2.08 bits per heavy atom. The first-order valence-corrected chi connectivity index (χ1v) is 5.11. The first-order chi connectivity index (χ1) is 6.36. The lowest BCUT2D eigenvalue weighted by atomic mass is 10.1. The molecule has 0 saturated carbocycles. The van der Waals surface area contributed by atoms with Gasteiger partial charge in [0.25, 0.3) is 0 Å². The van der Waals surface area contributed by atoms with E-state index in [1.165, 1.54) is 0 Å². The molecular weight excluding hydrogens is 166 g/mol. The molecule has 0 aromatic carbocycles. The van der Waals surface area contributed by atoms with Gasteiger partial charge in [0.2, 0.25) is 0 Å². The van der Waals surface area contributed by atoms with Crippen molar-refractivity contribution in [3.8, 4) is 0 Å². The van der Waals surface area contributed by atoms with Gasteiger partial charge in [0, 0.05) is 39.3 Å². The predicted molar refractivity (Wildman–Crippen MR) is 53.6 cm³/mol. The Labute approximate surface area is 80.1 Å². The molecule has 78 valence electrons. The minimum atomic E-state index is 0.258. The molecule has 4 nitrogen and oxygen atoms in total. The molecule has 1 aliphatic rings. The maximum absolute atomic E-state index is 8.81. The normalized spacial score (nSPS) is 21.7. The fourth-order valence-corrected chi connectivity index (χ4v) is 1.73. The zero-order valence-electron chi connectivity index (χ0n) is 8.21. The molecule has 1 rings (SSSR count). The zero-order valence-corrected chi connectivity index (χ0v) is 8.21. The van der Waals surface area contributed by atoms with E-state index < -0.39 is 0 Å². The van der Waals surface area contributed by atoms with Gasteiger partial charge in [-0.05, 0) is 18.9 Å². The number of hydrogen-bond acceptors (Lipinski definition) is 4. The largest absolute Gasteiger partial charge is 0.396 e. The third kappa shape index (κ3) is 4.04. The van der Waals surface area contributed by atoms with Gasteiger partial charge in [0.05, 0.1) is 0 Å². The first-order valence-electron chi connectivity index (χ1n) is 5.11. The third-order valence-corrected chi connectivity index (χ3v) is 2.60. The summed E-state index contributed by atoms with van der Waals surface area (Å²) in [5.41, 5.74) is 5.62. The average Bonchev–Trinajstić information content (AvgIpc) is 2.19. The Balaban J connectivity index is 2.18. The van der Waals surface area contributed by atoms with E-state index in [1.54, 1.807) is 0 Å².